The summed E-state index contributed by atoms with van der Waals surface area (Å²) in [7, 11) is 0. The quantitative estimate of drug-likeness (QED) is 0.484. The maximum Gasteiger partial charge on any atom is 0.105 e. The van der Waals surface area contributed by atoms with Crippen LogP contribution in [0.4, 0.5) is 11.4 Å². The second-order valence-electron chi connectivity index (χ2n) is 5.33. The molecule has 2 N–H and O–H groups in total. The number of anilines is 2. The number of thiocarbonyl (C=S) groups is 1. The Morgan fingerprint density at radius 1 is 0.826 bits per heavy atom. The normalized spacial score (nSPS) is 11.3. The van der Waals surface area contributed by atoms with Crippen LogP contribution in [0.2, 0.25) is 0 Å². The second-order valence-corrected chi connectivity index (χ2v) is 5.77. The average molecular weight is 318 g/mol. The van der Waals surface area contributed by atoms with E-state index in [2.05, 4.69) is 41.0 Å². The molecule has 0 amide bonds. The predicted octanol–water partition coefficient (Wildman–Crippen LogP) is 5.60. The Morgan fingerprint density at radius 2 is 1.52 bits per heavy atom. The fraction of sp³-hybridized carbons (Fsp3) is 0.0500. The van der Waals surface area contributed by atoms with E-state index >= 15 is 0 Å². The van der Waals surface area contributed by atoms with Crippen molar-refractivity contribution in [2.24, 2.45) is 0 Å². The summed E-state index contributed by atoms with van der Waals surface area (Å²) in [5, 5.41) is 9.06. The highest BCUT2D eigenvalue weighted by Crippen LogP contribution is 2.24. The topological polar surface area (TPSA) is 24.1 Å². The van der Waals surface area contributed by atoms with Crippen molar-refractivity contribution in [3.05, 3.63) is 84.6 Å². The molecular formula is C20H18N2S. The van der Waals surface area contributed by atoms with Crippen LogP contribution in [0.1, 0.15) is 6.92 Å². The maximum atomic E-state index is 5.40. The number of nitrogens with one attached hydrogen (secondary N) is 2. The lowest BCUT2D eigenvalue weighted by atomic mass is 10.1. The van der Waals surface area contributed by atoms with Crippen LogP contribution >= 0.6 is 12.2 Å². The van der Waals surface area contributed by atoms with Crippen molar-refractivity contribution in [2.45, 2.75) is 6.92 Å². The van der Waals surface area contributed by atoms with E-state index in [-0.39, 0.29) is 0 Å². The van der Waals surface area contributed by atoms with E-state index in [1.807, 2.05) is 55.5 Å². The molecule has 0 aliphatic heterocycles. The predicted molar refractivity (Wildman–Crippen MR) is 104 cm³/mol. The van der Waals surface area contributed by atoms with Gasteiger partial charge in [0, 0.05) is 22.5 Å². The number of para-hydroxylation sites is 1. The molecule has 3 aromatic rings. The van der Waals surface area contributed by atoms with Gasteiger partial charge in [-0.3, -0.25) is 0 Å². The van der Waals surface area contributed by atoms with Crippen molar-refractivity contribution in [1.82, 2.24) is 0 Å². The van der Waals surface area contributed by atoms with E-state index in [1.165, 1.54) is 10.8 Å². The molecule has 0 heterocycles. The molecule has 0 aliphatic rings. The molecule has 0 saturated heterocycles. The molecule has 0 spiro atoms. The molecule has 3 heteroatoms. The average Bonchev–Trinajstić information content (AvgIpc) is 2.56. The van der Waals surface area contributed by atoms with Crippen LogP contribution in [-0.4, -0.2) is 4.99 Å². The third kappa shape index (κ3) is 3.96. The monoisotopic (exact) mass is 318 g/mol. The van der Waals surface area contributed by atoms with Crippen molar-refractivity contribution in [1.29, 1.82) is 0 Å². The highest BCUT2D eigenvalue weighted by molar-refractivity contribution is 7.81. The minimum absolute atomic E-state index is 0.682. The third-order valence-corrected chi connectivity index (χ3v) is 3.73. The van der Waals surface area contributed by atoms with Gasteiger partial charge >= 0.3 is 0 Å². The summed E-state index contributed by atoms with van der Waals surface area (Å²) in [4.78, 5) is 0.682. The fourth-order valence-electron chi connectivity index (χ4n) is 2.48. The summed E-state index contributed by atoms with van der Waals surface area (Å²) in [6.07, 6.45) is 1.93. The first-order valence-electron chi connectivity index (χ1n) is 7.51. The van der Waals surface area contributed by atoms with Gasteiger partial charge in [0.05, 0.1) is 0 Å². The van der Waals surface area contributed by atoms with Gasteiger partial charge < -0.3 is 10.6 Å². The minimum Gasteiger partial charge on any atom is -0.359 e. The lowest BCUT2D eigenvalue weighted by Gasteiger charge is -2.11. The molecule has 23 heavy (non-hydrogen) atoms. The second kappa shape index (κ2) is 7.07. The number of fused-ring (bicyclic) bond motifs is 1. The lowest BCUT2D eigenvalue weighted by Crippen LogP contribution is -2.08. The van der Waals surface area contributed by atoms with Crippen LogP contribution in [0.25, 0.3) is 10.8 Å². The standard InChI is InChI=1S/C20H18N2S/c1-15(14-20(23)22-17-10-3-2-4-11-17)21-19-13-7-9-16-8-5-6-12-18(16)19/h2-14,21H,1H3,(H,22,23). The van der Waals surface area contributed by atoms with E-state index in [1.54, 1.807) is 0 Å². The molecule has 114 valence electrons. The van der Waals surface area contributed by atoms with Gasteiger partial charge in [0.15, 0.2) is 0 Å². The van der Waals surface area contributed by atoms with E-state index in [0.29, 0.717) is 4.99 Å². The molecule has 0 atom stereocenters. The van der Waals surface area contributed by atoms with Gasteiger partial charge in [-0.15, -0.1) is 0 Å². The molecule has 0 aromatic heterocycles. The summed E-state index contributed by atoms with van der Waals surface area (Å²) >= 11 is 5.40. The summed E-state index contributed by atoms with van der Waals surface area (Å²) in [5.74, 6) is 0. The zero-order valence-corrected chi connectivity index (χ0v) is 13.7. The molecule has 0 fully saturated rings. The number of hydrogen-bond donors (Lipinski definition) is 2. The van der Waals surface area contributed by atoms with Crippen molar-refractivity contribution in [2.75, 3.05) is 10.6 Å². The maximum absolute atomic E-state index is 5.40. The summed E-state index contributed by atoms with van der Waals surface area (Å²) in [6, 6.07) is 24.5. The fourth-order valence-corrected chi connectivity index (χ4v) is 2.77. The Labute approximate surface area is 141 Å². The minimum atomic E-state index is 0.682. The molecule has 0 bridgehead atoms. The van der Waals surface area contributed by atoms with Gasteiger partial charge in [-0.1, -0.05) is 66.8 Å². The van der Waals surface area contributed by atoms with Crippen LogP contribution < -0.4 is 10.6 Å². The van der Waals surface area contributed by atoms with E-state index < -0.39 is 0 Å². The van der Waals surface area contributed by atoms with E-state index in [0.717, 1.165) is 17.1 Å². The van der Waals surface area contributed by atoms with Crippen molar-refractivity contribution in [3.8, 4) is 0 Å². The molecule has 0 radical (unpaired) electrons. The molecular weight excluding hydrogens is 300 g/mol. The highest BCUT2D eigenvalue weighted by Gasteiger charge is 2.01. The zero-order chi connectivity index (χ0) is 16.1. The van der Waals surface area contributed by atoms with Gasteiger partial charge in [-0.2, -0.15) is 0 Å². The van der Waals surface area contributed by atoms with Gasteiger partial charge in [-0.25, -0.2) is 0 Å². The lowest BCUT2D eigenvalue weighted by molar-refractivity contribution is 1.40. The summed E-state index contributed by atoms with van der Waals surface area (Å²) in [5.41, 5.74) is 3.07. The Hall–Kier alpha value is -2.65. The van der Waals surface area contributed by atoms with Crippen LogP contribution in [0, 0.1) is 0 Å². The molecule has 3 rings (SSSR count). The van der Waals surface area contributed by atoms with Gasteiger partial charge in [0.1, 0.15) is 4.99 Å². The first kappa shape index (κ1) is 15.3. The zero-order valence-electron chi connectivity index (χ0n) is 12.9. The van der Waals surface area contributed by atoms with Crippen LogP contribution in [-0.2, 0) is 0 Å². The first-order chi connectivity index (χ1) is 11.2. The SMILES string of the molecule is CC(=CC(=S)Nc1ccccc1)Nc1cccc2ccccc12. The van der Waals surface area contributed by atoms with Crippen molar-refractivity contribution >= 4 is 39.4 Å². The van der Waals surface area contributed by atoms with Gasteiger partial charge in [-0.05, 0) is 36.6 Å². The Bertz CT molecular complexity index is 848. The van der Waals surface area contributed by atoms with Gasteiger partial charge in [0.2, 0.25) is 0 Å². The molecule has 2 nitrogen and oxygen atoms in total. The van der Waals surface area contributed by atoms with E-state index in [9.17, 15) is 0 Å². The van der Waals surface area contributed by atoms with Crippen molar-refractivity contribution in [3.63, 3.8) is 0 Å². The first-order valence-corrected chi connectivity index (χ1v) is 7.92. The number of allylic oxidation sites excluding steroid dienone is 1. The largest absolute Gasteiger partial charge is 0.359 e. The highest BCUT2D eigenvalue weighted by atomic mass is 32.1. The smallest absolute Gasteiger partial charge is 0.105 e. The Morgan fingerprint density at radius 3 is 2.35 bits per heavy atom. The number of benzene rings is 3. The number of hydrogen-bond acceptors (Lipinski definition) is 2. The number of rotatable bonds is 4. The van der Waals surface area contributed by atoms with Crippen LogP contribution in [0.3, 0.4) is 0 Å². The third-order valence-electron chi connectivity index (χ3n) is 3.51. The van der Waals surface area contributed by atoms with Crippen LogP contribution in [0.5, 0.6) is 0 Å². The van der Waals surface area contributed by atoms with Crippen molar-refractivity contribution < 1.29 is 0 Å². The summed E-state index contributed by atoms with van der Waals surface area (Å²) in [6.45, 7) is 2.01. The molecule has 0 aliphatic carbocycles. The Balaban J connectivity index is 1.75. The molecule has 0 saturated carbocycles. The van der Waals surface area contributed by atoms with Gasteiger partial charge in [0.25, 0.3) is 0 Å². The molecule has 3 aromatic carbocycles. The van der Waals surface area contributed by atoms with E-state index in [4.69, 9.17) is 12.2 Å². The molecule has 0 unspecified atom stereocenters. The summed E-state index contributed by atoms with van der Waals surface area (Å²) < 4.78 is 0. The van der Waals surface area contributed by atoms with Crippen LogP contribution in [0.15, 0.2) is 84.6 Å². The Kier molecular flexibility index (Phi) is 4.69.